The van der Waals surface area contributed by atoms with E-state index in [4.69, 9.17) is 14.6 Å². The summed E-state index contributed by atoms with van der Waals surface area (Å²) >= 11 is 1.79. The van der Waals surface area contributed by atoms with E-state index in [1.54, 1.807) is 26.0 Å². The molecule has 0 heterocycles. The third-order valence-corrected chi connectivity index (χ3v) is 3.78. The van der Waals surface area contributed by atoms with Crippen molar-refractivity contribution in [2.75, 3.05) is 26.6 Å². The molecule has 0 aromatic heterocycles. The molecule has 17 heavy (non-hydrogen) atoms. The van der Waals surface area contributed by atoms with Crippen molar-refractivity contribution in [3.8, 4) is 11.5 Å². The van der Waals surface area contributed by atoms with Gasteiger partial charge in [0.05, 0.1) is 14.2 Å². The maximum absolute atomic E-state index is 8.96. The quantitative estimate of drug-likeness (QED) is 0.814. The Bertz CT molecular complexity index is 341. The Morgan fingerprint density at radius 2 is 2.06 bits per heavy atom. The molecule has 0 aliphatic carbocycles. The van der Waals surface area contributed by atoms with E-state index in [0.717, 1.165) is 28.6 Å². The smallest absolute Gasteiger partial charge is 0.123 e. The van der Waals surface area contributed by atoms with Gasteiger partial charge in [0.1, 0.15) is 11.5 Å². The number of aliphatic hydroxyl groups is 1. The van der Waals surface area contributed by atoms with Crippen LogP contribution in [0.25, 0.3) is 0 Å². The first-order valence-electron chi connectivity index (χ1n) is 5.60. The van der Waals surface area contributed by atoms with Crippen molar-refractivity contribution in [2.24, 2.45) is 5.92 Å². The van der Waals surface area contributed by atoms with Crippen LogP contribution in [0.2, 0.25) is 0 Å². The minimum atomic E-state index is 0.238. The Morgan fingerprint density at radius 3 is 2.65 bits per heavy atom. The van der Waals surface area contributed by atoms with E-state index in [0.29, 0.717) is 5.92 Å². The predicted octanol–water partition coefficient (Wildman–Crippen LogP) is 2.57. The second-order valence-electron chi connectivity index (χ2n) is 3.98. The van der Waals surface area contributed by atoms with Crippen LogP contribution >= 0.6 is 11.8 Å². The Kier molecular flexibility index (Phi) is 6.22. The highest BCUT2D eigenvalue weighted by Gasteiger charge is 2.06. The van der Waals surface area contributed by atoms with Gasteiger partial charge in [-0.15, -0.1) is 0 Å². The highest BCUT2D eigenvalue weighted by molar-refractivity contribution is 7.98. The molecule has 1 N–H and O–H groups in total. The van der Waals surface area contributed by atoms with Gasteiger partial charge in [0.15, 0.2) is 0 Å². The molecule has 1 aromatic carbocycles. The number of rotatable bonds is 7. The van der Waals surface area contributed by atoms with Gasteiger partial charge in [-0.1, -0.05) is 6.92 Å². The van der Waals surface area contributed by atoms with Gasteiger partial charge >= 0.3 is 0 Å². The highest BCUT2D eigenvalue weighted by atomic mass is 32.2. The van der Waals surface area contributed by atoms with Gasteiger partial charge in [-0.3, -0.25) is 0 Å². The first-order valence-corrected chi connectivity index (χ1v) is 6.76. The van der Waals surface area contributed by atoms with Crippen LogP contribution in [0.4, 0.5) is 0 Å². The van der Waals surface area contributed by atoms with Crippen molar-refractivity contribution in [2.45, 2.75) is 12.7 Å². The van der Waals surface area contributed by atoms with Crippen molar-refractivity contribution in [3.05, 3.63) is 23.8 Å². The normalized spacial score (nSPS) is 12.2. The van der Waals surface area contributed by atoms with Gasteiger partial charge in [0, 0.05) is 17.9 Å². The lowest BCUT2D eigenvalue weighted by atomic mass is 10.2. The lowest BCUT2D eigenvalue weighted by molar-refractivity contribution is 0.250. The van der Waals surface area contributed by atoms with E-state index < -0.39 is 0 Å². The van der Waals surface area contributed by atoms with Gasteiger partial charge in [0.2, 0.25) is 0 Å². The summed E-state index contributed by atoms with van der Waals surface area (Å²) in [6.45, 7) is 2.28. The fraction of sp³-hybridized carbons (Fsp3) is 0.538. The van der Waals surface area contributed by atoms with Crippen LogP contribution in [-0.4, -0.2) is 31.7 Å². The molecule has 0 saturated carbocycles. The average molecular weight is 256 g/mol. The lowest BCUT2D eigenvalue weighted by Crippen LogP contribution is -2.03. The molecule has 0 amide bonds. The molecule has 0 bridgehead atoms. The topological polar surface area (TPSA) is 38.7 Å². The summed E-state index contributed by atoms with van der Waals surface area (Å²) in [7, 11) is 3.33. The van der Waals surface area contributed by atoms with Crippen LogP contribution in [0, 0.1) is 5.92 Å². The molecule has 1 rings (SSSR count). The summed E-state index contributed by atoms with van der Waals surface area (Å²) in [5, 5.41) is 8.96. The van der Waals surface area contributed by atoms with E-state index in [1.807, 2.05) is 25.1 Å². The molecule has 3 nitrogen and oxygen atoms in total. The van der Waals surface area contributed by atoms with Crippen LogP contribution in [-0.2, 0) is 5.75 Å². The van der Waals surface area contributed by atoms with Crippen LogP contribution in [0.5, 0.6) is 11.5 Å². The van der Waals surface area contributed by atoms with Gasteiger partial charge < -0.3 is 14.6 Å². The fourth-order valence-corrected chi connectivity index (χ4v) is 2.49. The molecule has 0 aliphatic heterocycles. The number of thioether (sulfide) groups is 1. The number of ether oxygens (including phenoxy) is 2. The predicted molar refractivity (Wildman–Crippen MR) is 72.0 cm³/mol. The summed E-state index contributed by atoms with van der Waals surface area (Å²) < 4.78 is 10.5. The highest BCUT2D eigenvalue weighted by Crippen LogP contribution is 2.28. The molecule has 0 fully saturated rings. The van der Waals surface area contributed by atoms with Gasteiger partial charge in [-0.05, 0) is 29.9 Å². The number of hydrogen-bond acceptors (Lipinski definition) is 4. The van der Waals surface area contributed by atoms with Crippen molar-refractivity contribution < 1.29 is 14.6 Å². The Morgan fingerprint density at radius 1 is 1.29 bits per heavy atom. The van der Waals surface area contributed by atoms with Gasteiger partial charge in [-0.2, -0.15) is 11.8 Å². The van der Waals surface area contributed by atoms with Gasteiger partial charge in [0.25, 0.3) is 0 Å². The largest absolute Gasteiger partial charge is 0.497 e. The van der Waals surface area contributed by atoms with Crippen molar-refractivity contribution in [3.63, 3.8) is 0 Å². The van der Waals surface area contributed by atoms with Crippen molar-refractivity contribution in [1.29, 1.82) is 0 Å². The summed E-state index contributed by atoms with van der Waals surface area (Å²) in [4.78, 5) is 0. The van der Waals surface area contributed by atoms with Crippen molar-refractivity contribution in [1.82, 2.24) is 0 Å². The number of hydrogen-bond donors (Lipinski definition) is 1. The summed E-state index contributed by atoms with van der Waals surface area (Å²) in [5.41, 5.74) is 1.13. The molecule has 96 valence electrons. The number of benzene rings is 1. The Balaban J connectivity index is 2.61. The van der Waals surface area contributed by atoms with E-state index in [-0.39, 0.29) is 6.61 Å². The first kappa shape index (κ1) is 14.2. The third kappa shape index (κ3) is 4.48. The molecule has 0 spiro atoms. The second kappa shape index (κ2) is 7.45. The maximum atomic E-state index is 8.96. The summed E-state index contributed by atoms with van der Waals surface area (Å²) in [5.74, 6) is 3.87. The Labute approximate surface area is 107 Å². The molecule has 0 saturated heterocycles. The minimum Gasteiger partial charge on any atom is -0.497 e. The van der Waals surface area contributed by atoms with Crippen LogP contribution < -0.4 is 9.47 Å². The van der Waals surface area contributed by atoms with Crippen LogP contribution in [0.3, 0.4) is 0 Å². The zero-order chi connectivity index (χ0) is 12.7. The molecule has 1 atom stereocenters. The number of methoxy groups -OCH3 is 2. The SMILES string of the molecule is COc1ccc(OC)c(CSCC(C)CO)c1. The summed E-state index contributed by atoms with van der Waals surface area (Å²) in [6.07, 6.45) is 0. The Hall–Kier alpha value is -0.870. The fourth-order valence-electron chi connectivity index (χ4n) is 1.42. The number of aliphatic hydroxyl groups excluding tert-OH is 1. The van der Waals surface area contributed by atoms with E-state index in [2.05, 4.69) is 0 Å². The minimum absolute atomic E-state index is 0.238. The molecule has 1 unspecified atom stereocenters. The van der Waals surface area contributed by atoms with E-state index >= 15 is 0 Å². The van der Waals surface area contributed by atoms with E-state index in [1.165, 1.54) is 0 Å². The summed E-state index contributed by atoms with van der Waals surface area (Å²) in [6, 6.07) is 5.81. The molecule has 0 radical (unpaired) electrons. The zero-order valence-corrected chi connectivity index (χ0v) is 11.4. The monoisotopic (exact) mass is 256 g/mol. The molecule has 0 aliphatic rings. The first-order chi connectivity index (χ1) is 8.21. The molecular weight excluding hydrogens is 236 g/mol. The third-order valence-electron chi connectivity index (χ3n) is 2.46. The maximum Gasteiger partial charge on any atom is 0.123 e. The lowest BCUT2D eigenvalue weighted by Gasteiger charge is -2.11. The molecule has 4 heteroatoms. The van der Waals surface area contributed by atoms with Gasteiger partial charge in [-0.25, -0.2) is 0 Å². The molecule has 1 aromatic rings. The average Bonchev–Trinajstić information content (AvgIpc) is 2.38. The second-order valence-corrected chi connectivity index (χ2v) is 5.01. The zero-order valence-electron chi connectivity index (χ0n) is 10.6. The molecular formula is C13H20O3S. The van der Waals surface area contributed by atoms with Crippen molar-refractivity contribution >= 4 is 11.8 Å². The van der Waals surface area contributed by atoms with Crippen LogP contribution in [0.1, 0.15) is 12.5 Å². The van der Waals surface area contributed by atoms with Crippen LogP contribution in [0.15, 0.2) is 18.2 Å². The standard InChI is InChI=1S/C13H20O3S/c1-10(7-14)8-17-9-11-6-12(15-2)4-5-13(11)16-3/h4-6,10,14H,7-9H2,1-3H3. The van der Waals surface area contributed by atoms with E-state index in [9.17, 15) is 0 Å².